The van der Waals surface area contributed by atoms with Crippen LogP contribution in [0.15, 0.2) is 48.5 Å². The van der Waals surface area contributed by atoms with Crippen molar-refractivity contribution in [1.29, 1.82) is 0 Å². The van der Waals surface area contributed by atoms with E-state index in [0.29, 0.717) is 19.0 Å². The Morgan fingerprint density at radius 3 is 2.38 bits per heavy atom. The summed E-state index contributed by atoms with van der Waals surface area (Å²) in [5.74, 6) is 0.541. The van der Waals surface area contributed by atoms with Crippen LogP contribution in [-0.2, 0) is 24.2 Å². The molecule has 2 aromatic carbocycles. The number of nitrogens with one attached hydrogen (secondary N) is 2. The highest BCUT2D eigenvalue weighted by Gasteiger charge is 2.13. The zero-order valence-electron chi connectivity index (χ0n) is 17.6. The maximum atomic E-state index is 12.2. The minimum Gasteiger partial charge on any atom is -0.379 e. The van der Waals surface area contributed by atoms with Gasteiger partial charge in [-0.2, -0.15) is 0 Å². The Balaban J connectivity index is 1.42. The average Bonchev–Trinajstić information content (AvgIpc) is 2.74. The summed E-state index contributed by atoms with van der Waals surface area (Å²) in [6.07, 6.45) is 0.833. The van der Waals surface area contributed by atoms with Crippen molar-refractivity contribution < 1.29 is 9.53 Å². The molecule has 1 heterocycles. The number of nitrogens with zero attached hydrogens (tertiary/aromatic N) is 1. The third kappa shape index (κ3) is 6.87. The number of amides is 2. The summed E-state index contributed by atoms with van der Waals surface area (Å²) in [4.78, 5) is 14.6. The summed E-state index contributed by atoms with van der Waals surface area (Å²) < 4.78 is 5.43. The van der Waals surface area contributed by atoms with Crippen LogP contribution in [0.4, 0.5) is 4.79 Å². The number of carbonyl (C=O) groups excluding carboxylic acids is 1. The van der Waals surface area contributed by atoms with Crippen molar-refractivity contribution in [2.24, 2.45) is 0 Å². The molecule has 3 rings (SSSR count). The fourth-order valence-electron chi connectivity index (χ4n) is 3.51. The smallest absolute Gasteiger partial charge is 0.315 e. The zero-order valence-corrected chi connectivity index (χ0v) is 17.6. The first-order valence-corrected chi connectivity index (χ1v) is 10.6. The van der Waals surface area contributed by atoms with Gasteiger partial charge in [0, 0.05) is 32.7 Å². The van der Waals surface area contributed by atoms with Crippen LogP contribution in [0.3, 0.4) is 0 Å². The minimum absolute atomic E-state index is 0.120. The molecule has 0 atom stereocenters. The number of benzene rings is 2. The fraction of sp³-hybridized carbons (Fsp3) is 0.458. The predicted octanol–water partition coefficient (Wildman–Crippen LogP) is 3.68. The van der Waals surface area contributed by atoms with Gasteiger partial charge >= 0.3 is 6.03 Å². The second-order valence-electron chi connectivity index (χ2n) is 7.91. The Morgan fingerprint density at radius 2 is 1.69 bits per heavy atom. The van der Waals surface area contributed by atoms with Crippen LogP contribution in [0.1, 0.15) is 42.0 Å². The molecule has 29 heavy (non-hydrogen) atoms. The molecule has 0 radical (unpaired) electrons. The lowest BCUT2D eigenvalue weighted by atomic mass is 10.0. The molecule has 2 amide bonds. The predicted molar refractivity (Wildman–Crippen MR) is 117 cm³/mol. The molecule has 156 valence electrons. The summed E-state index contributed by atoms with van der Waals surface area (Å²) in [6.45, 7) is 9.96. The number of ether oxygens (including phenoxy) is 1. The van der Waals surface area contributed by atoms with Gasteiger partial charge in [-0.1, -0.05) is 62.4 Å². The fourth-order valence-corrected chi connectivity index (χ4v) is 3.51. The van der Waals surface area contributed by atoms with E-state index in [1.165, 1.54) is 22.3 Å². The highest BCUT2D eigenvalue weighted by molar-refractivity contribution is 5.73. The van der Waals surface area contributed by atoms with E-state index in [2.05, 4.69) is 71.8 Å². The highest BCUT2D eigenvalue weighted by Crippen LogP contribution is 2.15. The summed E-state index contributed by atoms with van der Waals surface area (Å²) in [5, 5.41) is 5.96. The molecule has 0 aromatic heterocycles. The van der Waals surface area contributed by atoms with Gasteiger partial charge in [0.1, 0.15) is 0 Å². The third-order valence-electron chi connectivity index (χ3n) is 5.40. The third-order valence-corrected chi connectivity index (χ3v) is 5.40. The van der Waals surface area contributed by atoms with Gasteiger partial charge in [0.05, 0.1) is 13.2 Å². The van der Waals surface area contributed by atoms with Crippen molar-refractivity contribution in [3.63, 3.8) is 0 Å². The normalized spacial score (nSPS) is 14.7. The van der Waals surface area contributed by atoms with Gasteiger partial charge in [0.25, 0.3) is 0 Å². The van der Waals surface area contributed by atoms with Gasteiger partial charge in [-0.15, -0.1) is 0 Å². The van der Waals surface area contributed by atoms with Crippen LogP contribution in [0, 0.1) is 0 Å². The number of rotatable bonds is 8. The monoisotopic (exact) mass is 395 g/mol. The number of morpholine rings is 1. The Kier molecular flexibility index (Phi) is 8.08. The summed E-state index contributed by atoms with van der Waals surface area (Å²) in [6, 6.07) is 16.8. The van der Waals surface area contributed by atoms with Crippen LogP contribution in [-0.4, -0.2) is 43.8 Å². The van der Waals surface area contributed by atoms with E-state index >= 15 is 0 Å². The van der Waals surface area contributed by atoms with Crippen molar-refractivity contribution in [3.8, 4) is 0 Å². The van der Waals surface area contributed by atoms with Crippen molar-refractivity contribution >= 4 is 6.03 Å². The Hall–Kier alpha value is -2.37. The average molecular weight is 396 g/mol. The molecule has 5 nitrogen and oxygen atoms in total. The van der Waals surface area contributed by atoms with Crippen molar-refractivity contribution in [3.05, 3.63) is 70.8 Å². The molecule has 1 fully saturated rings. The quantitative estimate of drug-likeness (QED) is 0.717. The van der Waals surface area contributed by atoms with Gasteiger partial charge in [0.15, 0.2) is 0 Å². The molecule has 2 N–H and O–H groups in total. The molecule has 0 bridgehead atoms. The Morgan fingerprint density at radius 1 is 1.00 bits per heavy atom. The lowest BCUT2D eigenvalue weighted by Gasteiger charge is -2.27. The molecular weight excluding hydrogens is 362 g/mol. The SMILES string of the molecule is CC(C)c1ccc(CCNC(=O)NCc2ccccc2CN2CCOCC2)cc1. The zero-order chi connectivity index (χ0) is 20.5. The molecule has 1 aliphatic heterocycles. The molecule has 5 heteroatoms. The van der Waals surface area contributed by atoms with Crippen LogP contribution >= 0.6 is 0 Å². The molecule has 1 saturated heterocycles. The molecule has 0 saturated carbocycles. The van der Waals surface area contributed by atoms with Crippen LogP contribution in [0.25, 0.3) is 0 Å². The van der Waals surface area contributed by atoms with Gasteiger partial charge in [0.2, 0.25) is 0 Å². The first-order valence-electron chi connectivity index (χ1n) is 10.6. The summed E-state index contributed by atoms with van der Waals surface area (Å²) in [5.41, 5.74) is 5.01. The van der Waals surface area contributed by atoms with E-state index in [4.69, 9.17) is 4.74 Å². The first kappa shape index (κ1) is 21.3. The molecule has 0 spiro atoms. The molecule has 0 unspecified atom stereocenters. The standard InChI is InChI=1S/C24H33N3O2/c1-19(2)21-9-7-20(8-10-21)11-12-25-24(28)26-17-22-5-3-4-6-23(22)18-27-13-15-29-16-14-27/h3-10,19H,11-18H2,1-2H3,(H2,25,26,28). The topological polar surface area (TPSA) is 53.6 Å². The molecular formula is C24H33N3O2. The Labute approximate surface area is 174 Å². The van der Waals surface area contributed by atoms with Crippen molar-refractivity contribution in [2.75, 3.05) is 32.8 Å². The Bertz CT molecular complexity index is 768. The first-order chi connectivity index (χ1) is 14.1. The van der Waals surface area contributed by atoms with Gasteiger partial charge in [-0.25, -0.2) is 4.79 Å². The van der Waals surface area contributed by atoms with Crippen LogP contribution in [0.2, 0.25) is 0 Å². The van der Waals surface area contributed by atoms with Crippen LogP contribution in [0.5, 0.6) is 0 Å². The maximum absolute atomic E-state index is 12.2. The highest BCUT2D eigenvalue weighted by atomic mass is 16.5. The molecule has 1 aliphatic rings. The van der Waals surface area contributed by atoms with E-state index < -0.39 is 0 Å². The van der Waals surface area contributed by atoms with E-state index in [1.807, 2.05) is 6.07 Å². The lowest BCUT2D eigenvalue weighted by molar-refractivity contribution is 0.0341. The second kappa shape index (κ2) is 11.0. The molecule has 0 aliphatic carbocycles. The second-order valence-corrected chi connectivity index (χ2v) is 7.91. The largest absolute Gasteiger partial charge is 0.379 e. The van der Waals surface area contributed by atoms with Crippen molar-refractivity contribution in [1.82, 2.24) is 15.5 Å². The van der Waals surface area contributed by atoms with E-state index in [-0.39, 0.29) is 6.03 Å². The van der Waals surface area contributed by atoms with E-state index in [1.54, 1.807) is 0 Å². The number of carbonyl (C=O) groups is 1. The number of hydrogen-bond acceptors (Lipinski definition) is 3. The molecule has 2 aromatic rings. The minimum atomic E-state index is -0.120. The van der Waals surface area contributed by atoms with E-state index in [9.17, 15) is 4.79 Å². The van der Waals surface area contributed by atoms with Gasteiger partial charge < -0.3 is 15.4 Å². The number of hydrogen-bond donors (Lipinski definition) is 2. The van der Waals surface area contributed by atoms with Crippen LogP contribution < -0.4 is 10.6 Å². The summed E-state index contributed by atoms with van der Waals surface area (Å²) >= 11 is 0. The lowest BCUT2D eigenvalue weighted by Crippen LogP contribution is -2.37. The van der Waals surface area contributed by atoms with E-state index in [0.717, 1.165) is 39.3 Å². The van der Waals surface area contributed by atoms with Gasteiger partial charge in [-0.05, 0) is 34.6 Å². The van der Waals surface area contributed by atoms with Crippen molar-refractivity contribution in [2.45, 2.75) is 39.3 Å². The number of urea groups is 1. The maximum Gasteiger partial charge on any atom is 0.315 e. The summed E-state index contributed by atoms with van der Waals surface area (Å²) in [7, 11) is 0. The van der Waals surface area contributed by atoms with Gasteiger partial charge in [-0.3, -0.25) is 4.90 Å².